The zero-order chi connectivity index (χ0) is 16.7. The van der Waals surface area contributed by atoms with Crippen LogP contribution < -0.4 is 10.1 Å². The number of amides is 1. The third kappa shape index (κ3) is 5.29. The average molecular weight is 332 g/mol. The lowest BCUT2D eigenvalue weighted by molar-refractivity contribution is -0.128. The number of hydrogen-bond donors (Lipinski definition) is 1. The second kappa shape index (κ2) is 8.59. The molecule has 23 heavy (non-hydrogen) atoms. The number of benzene rings is 2. The average Bonchev–Trinajstić information content (AvgIpc) is 2.58. The molecule has 1 N–H and O–H groups in total. The number of carbonyl (C=O) groups is 1. The van der Waals surface area contributed by atoms with Crippen molar-refractivity contribution >= 4 is 17.5 Å². The maximum Gasteiger partial charge on any atom is 0.261 e. The molecule has 1 amide bonds. The summed E-state index contributed by atoms with van der Waals surface area (Å²) < 4.78 is 5.75. The van der Waals surface area contributed by atoms with E-state index in [1.807, 2.05) is 25.1 Å². The highest BCUT2D eigenvalue weighted by Gasteiger charge is 2.19. The molecule has 122 valence electrons. The molecule has 0 aromatic heterocycles. The molecule has 3 nitrogen and oxygen atoms in total. The van der Waals surface area contributed by atoms with Gasteiger partial charge in [-0.2, -0.15) is 0 Å². The summed E-state index contributed by atoms with van der Waals surface area (Å²) in [6.07, 6.45) is 0.0781. The van der Waals surface area contributed by atoms with Gasteiger partial charge in [0.2, 0.25) is 0 Å². The van der Waals surface area contributed by atoms with E-state index < -0.39 is 6.10 Å². The fraction of sp³-hybridized carbons (Fsp3) is 0.316. The predicted octanol–water partition coefficient (Wildman–Crippen LogP) is 4.42. The molecule has 0 aliphatic heterocycles. The highest BCUT2D eigenvalue weighted by Crippen LogP contribution is 2.19. The molecular formula is C19H22ClNO2. The summed E-state index contributed by atoms with van der Waals surface area (Å²) in [5, 5.41) is 3.56. The van der Waals surface area contributed by atoms with Crippen molar-refractivity contribution in [2.24, 2.45) is 0 Å². The summed E-state index contributed by atoms with van der Waals surface area (Å²) >= 11 is 5.94. The first-order chi connectivity index (χ1) is 11.1. The molecule has 4 heteroatoms. The highest BCUT2D eigenvalue weighted by atomic mass is 35.5. The van der Waals surface area contributed by atoms with E-state index in [1.54, 1.807) is 24.3 Å². The second-order valence-corrected chi connectivity index (χ2v) is 5.97. The summed E-state index contributed by atoms with van der Waals surface area (Å²) in [7, 11) is 0. The van der Waals surface area contributed by atoms with Crippen molar-refractivity contribution in [1.29, 1.82) is 0 Å². The Morgan fingerprint density at radius 3 is 2.57 bits per heavy atom. The van der Waals surface area contributed by atoms with Gasteiger partial charge in [0.15, 0.2) is 6.10 Å². The molecule has 0 aliphatic carbocycles. The van der Waals surface area contributed by atoms with E-state index >= 15 is 0 Å². The van der Waals surface area contributed by atoms with Crippen molar-refractivity contribution in [2.45, 2.75) is 32.3 Å². The van der Waals surface area contributed by atoms with Crippen LogP contribution in [0.25, 0.3) is 0 Å². The third-order valence-corrected chi connectivity index (χ3v) is 3.92. The number of halogens is 1. The monoisotopic (exact) mass is 331 g/mol. The Bertz CT molecular complexity index is 630. The smallest absolute Gasteiger partial charge is 0.261 e. The second-order valence-electron chi connectivity index (χ2n) is 5.53. The van der Waals surface area contributed by atoms with Gasteiger partial charge in [0.1, 0.15) is 5.75 Å². The third-order valence-electron chi connectivity index (χ3n) is 3.69. The topological polar surface area (TPSA) is 38.3 Å². The maximum atomic E-state index is 12.3. The lowest BCUT2D eigenvalue weighted by Crippen LogP contribution is -2.39. The number of ether oxygens (including phenoxy) is 1. The predicted molar refractivity (Wildman–Crippen MR) is 94.0 cm³/mol. The minimum atomic E-state index is -0.517. The number of carbonyl (C=O) groups excluding carboxylic acids is 1. The lowest BCUT2D eigenvalue weighted by atomic mass is 10.0. The van der Waals surface area contributed by atoms with E-state index in [9.17, 15) is 4.79 Å². The molecule has 0 unspecified atom stereocenters. The zero-order valence-corrected chi connectivity index (χ0v) is 14.2. The van der Waals surface area contributed by atoms with E-state index in [1.165, 1.54) is 5.56 Å². The van der Waals surface area contributed by atoms with Crippen molar-refractivity contribution in [3.63, 3.8) is 0 Å². The van der Waals surface area contributed by atoms with Crippen LogP contribution in [0.1, 0.15) is 31.7 Å². The Hall–Kier alpha value is -2.00. The van der Waals surface area contributed by atoms with E-state index in [0.29, 0.717) is 23.7 Å². The Balaban J connectivity index is 1.90. The van der Waals surface area contributed by atoms with Gasteiger partial charge in [0.05, 0.1) is 0 Å². The van der Waals surface area contributed by atoms with Crippen LogP contribution >= 0.6 is 11.6 Å². The molecule has 0 fully saturated rings. The number of rotatable bonds is 7. The van der Waals surface area contributed by atoms with Gasteiger partial charge in [-0.25, -0.2) is 0 Å². The van der Waals surface area contributed by atoms with Gasteiger partial charge in [-0.1, -0.05) is 61.8 Å². The van der Waals surface area contributed by atoms with Gasteiger partial charge in [0.25, 0.3) is 5.91 Å². The highest BCUT2D eigenvalue weighted by molar-refractivity contribution is 6.30. The molecule has 2 aromatic carbocycles. The standard InChI is InChI=1S/C19H22ClNO2/c1-3-18(23-17-11-7-10-16(20)12-17)19(22)21-13-14(2)15-8-5-4-6-9-15/h4-12,14,18H,3,13H2,1-2H3,(H,21,22)/t14-,18-/m1/s1. The summed E-state index contributed by atoms with van der Waals surface area (Å²) in [6, 6.07) is 17.2. The van der Waals surface area contributed by atoms with Crippen LogP contribution in [0, 0.1) is 0 Å². The lowest BCUT2D eigenvalue weighted by Gasteiger charge is -2.19. The number of hydrogen-bond acceptors (Lipinski definition) is 2. The van der Waals surface area contributed by atoms with Gasteiger partial charge >= 0.3 is 0 Å². The largest absolute Gasteiger partial charge is 0.481 e. The Labute approximate surface area is 142 Å². The van der Waals surface area contributed by atoms with Crippen LogP contribution in [0.3, 0.4) is 0 Å². The molecule has 0 aliphatic rings. The molecule has 0 spiro atoms. The van der Waals surface area contributed by atoms with Gasteiger partial charge in [-0.3, -0.25) is 4.79 Å². The zero-order valence-electron chi connectivity index (χ0n) is 13.5. The summed E-state index contributed by atoms with van der Waals surface area (Å²) in [6.45, 7) is 4.60. The van der Waals surface area contributed by atoms with Gasteiger partial charge in [-0.05, 0) is 36.1 Å². The van der Waals surface area contributed by atoms with Crippen molar-refractivity contribution in [3.8, 4) is 5.75 Å². The van der Waals surface area contributed by atoms with Crippen molar-refractivity contribution in [1.82, 2.24) is 5.32 Å². The van der Waals surface area contributed by atoms with Crippen molar-refractivity contribution in [3.05, 3.63) is 65.2 Å². The van der Waals surface area contributed by atoms with E-state index in [2.05, 4.69) is 24.4 Å². The van der Waals surface area contributed by atoms with Crippen LogP contribution in [0.5, 0.6) is 5.75 Å². The molecule has 0 radical (unpaired) electrons. The molecule has 0 saturated carbocycles. The van der Waals surface area contributed by atoms with Crippen LogP contribution in [0.2, 0.25) is 5.02 Å². The SMILES string of the molecule is CC[C@@H](Oc1cccc(Cl)c1)C(=O)NC[C@@H](C)c1ccccc1. The van der Waals surface area contributed by atoms with E-state index in [4.69, 9.17) is 16.3 Å². The van der Waals surface area contributed by atoms with Crippen molar-refractivity contribution in [2.75, 3.05) is 6.54 Å². The van der Waals surface area contributed by atoms with Crippen LogP contribution in [-0.4, -0.2) is 18.6 Å². The first-order valence-corrected chi connectivity index (χ1v) is 8.22. The van der Waals surface area contributed by atoms with Gasteiger partial charge in [-0.15, -0.1) is 0 Å². The normalized spacial score (nSPS) is 13.2. The molecule has 0 heterocycles. The molecule has 0 saturated heterocycles. The van der Waals surface area contributed by atoms with E-state index in [-0.39, 0.29) is 11.8 Å². The first kappa shape index (κ1) is 17.4. The Morgan fingerprint density at radius 2 is 1.91 bits per heavy atom. The molecule has 2 aromatic rings. The summed E-state index contributed by atoms with van der Waals surface area (Å²) in [5.41, 5.74) is 1.21. The van der Waals surface area contributed by atoms with Gasteiger partial charge < -0.3 is 10.1 Å². The van der Waals surface area contributed by atoms with Crippen molar-refractivity contribution < 1.29 is 9.53 Å². The van der Waals surface area contributed by atoms with Crippen LogP contribution in [0.15, 0.2) is 54.6 Å². The van der Waals surface area contributed by atoms with E-state index in [0.717, 1.165) is 0 Å². The molecule has 2 atom stereocenters. The fourth-order valence-corrected chi connectivity index (χ4v) is 2.47. The molecular weight excluding hydrogens is 310 g/mol. The summed E-state index contributed by atoms with van der Waals surface area (Å²) in [4.78, 5) is 12.3. The maximum absolute atomic E-state index is 12.3. The quantitative estimate of drug-likeness (QED) is 0.815. The summed E-state index contributed by atoms with van der Waals surface area (Å²) in [5.74, 6) is 0.759. The first-order valence-electron chi connectivity index (χ1n) is 7.85. The molecule has 0 bridgehead atoms. The number of nitrogens with one attached hydrogen (secondary N) is 1. The fourth-order valence-electron chi connectivity index (χ4n) is 2.29. The Morgan fingerprint density at radius 1 is 1.17 bits per heavy atom. The minimum Gasteiger partial charge on any atom is -0.481 e. The molecule has 2 rings (SSSR count). The minimum absolute atomic E-state index is 0.102. The van der Waals surface area contributed by atoms with Crippen LogP contribution in [-0.2, 0) is 4.79 Å². The van der Waals surface area contributed by atoms with Crippen LogP contribution in [0.4, 0.5) is 0 Å². The Kier molecular flexibility index (Phi) is 6.48. The van der Waals surface area contributed by atoms with Gasteiger partial charge in [0, 0.05) is 11.6 Å².